The summed E-state index contributed by atoms with van der Waals surface area (Å²) in [6.07, 6.45) is 0. The van der Waals surface area contributed by atoms with Crippen LogP contribution in [0.3, 0.4) is 0 Å². The van der Waals surface area contributed by atoms with Gasteiger partial charge in [-0.3, -0.25) is 4.79 Å². The lowest BCUT2D eigenvalue weighted by Crippen LogP contribution is -2.44. The monoisotopic (exact) mass is 363 g/mol. The molecule has 0 spiro atoms. The van der Waals surface area contributed by atoms with Gasteiger partial charge in [-0.15, -0.1) is 0 Å². The Morgan fingerprint density at radius 1 is 1.30 bits per heavy atom. The zero-order valence-electron chi connectivity index (χ0n) is 13.7. The number of ether oxygens (including phenoxy) is 1. The SMILES string of the molecule is CCN(CC)S(=O)(=O)N(C)CC(=O)Nc1cc(Cl)ccc1OC. The molecule has 1 aromatic carbocycles. The average Bonchev–Trinajstić information content (AvgIpc) is 2.48. The summed E-state index contributed by atoms with van der Waals surface area (Å²) in [4.78, 5) is 12.1. The Morgan fingerprint density at radius 2 is 1.91 bits per heavy atom. The van der Waals surface area contributed by atoms with Gasteiger partial charge in [-0.25, -0.2) is 0 Å². The summed E-state index contributed by atoms with van der Waals surface area (Å²) < 4.78 is 32.0. The maximum absolute atomic E-state index is 12.3. The first-order valence-corrected chi connectivity index (χ1v) is 8.88. The van der Waals surface area contributed by atoms with E-state index in [9.17, 15) is 13.2 Å². The quantitative estimate of drug-likeness (QED) is 0.763. The van der Waals surface area contributed by atoms with Gasteiger partial charge in [0.05, 0.1) is 19.3 Å². The fourth-order valence-electron chi connectivity index (χ4n) is 2.00. The number of benzene rings is 1. The zero-order chi connectivity index (χ0) is 17.6. The predicted octanol–water partition coefficient (Wildman–Crippen LogP) is 1.81. The summed E-state index contributed by atoms with van der Waals surface area (Å²) in [7, 11) is -0.832. The van der Waals surface area contributed by atoms with Crippen molar-refractivity contribution in [2.75, 3.05) is 39.1 Å². The van der Waals surface area contributed by atoms with E-state index in [0.29, 0.717) is 29.5 Å². The average molecular weight is 364 g/mol. The van der Waals surface area contributed by atoms with E-state index in [1.54, 1.807) is 26.0 Å². The molecule has 0 saturated heterocycles. The van der Waals surface area contributed by atoms with Crippen LogP contribution in [0.25, 0.3) is 0 Å². The van der Waals surface area contributed by atoms with Crippen LogP contribution in [0.15, 0.2) is 18.2 Å². The number of carbonyl (C=O) groups excluding carboxylic acids is 1. The first kappa shape index (κ1) is 19.7. The third kappa shape index (κ3) is 5.07. The number of amides is 1. The van der Waals surface area contributed by atoms with Crippen molar-refractivity contribution in [3.63, 3.8) is 0 Å². The van der Waals surface area contributed by atoms with Gasteiger partial charge in [-0.2, -0.15) is 17.0 Å². The van der Waals surface area contributed by atoms with E-state index in [1.807, 2.05) is 0 Å². The molecule has 23 heavy (non-hydrogen) atoms. The van der Waals surface area contributed by atoms with E-state index in [-0.39, 0.29) is 6.54 Å². The van der Waals surface area contributed by atoms with Crippen molar-refractivity contribution in [2.45, 2.75) is 13.8 Å². The van der Waals surface area contributed by atoms with Gasteiger partial charge in [-0.1, -0.05) is 25.4 Å². The van der Waals surface area contributed by atoms with E-state index in [0.717, 1.165) is 4.31 Å². The highest BCUT2D eigenvalue weighted by Crippen LogP contribution is 2.27. The minimum absolute atomic E-state index is 0.311. The first-order valence-electron chi connectivity index (χ1n) is 7.11. The summed E-state index contributed by atoms with van der Waals surface area (Å²) in [6.45, 7) is 3.85. The molecule has 0 fully saturated rings. The number of anilines is 1. The standard InChI is InChI=1S/C14H22ClN3O4S/c1-5-18(6-2)23(20,21)17(3)10-14(19)16-12-9-11(15)7-8-13(12)22-4/h7-9H,5-6,10H2,1-4H3,(H,16,19). The minimum Gasteiger partial charge on any atom is -0.495 e. The molecule has 1 aromatic rings. The van der Waals surface area contributed by atoms with E-state index >= 15 is 0 Å². The third-order valence-electron chi connectivity index (χ3n) is 3.23. The van der Waals surface area contributed by atoms with E-state index in [2.05, 4.69) is 5.32 Å². The van der Waals surface area contributed by atoms with Crippen LogP contribution in [-0.2, 0) is 15.0 Å². The number of rotatable bonds is 8. The second kappa shape index (κ2) is 8.49. The van der Waals surface area contributed by atoms with Crippen molar-refractivity contribution in [3.8, 4) is 5.75 Å². The van der Waals surface area contributed by atoms with Gasteiger partial charge < -0.3 is 10.1 Å². The molecular weight excluding hydrogens is 342 g/mol. The van der Waals surface area contributed by atoms with Gasteiger partial charge in [0.15, 0.2) is 0 Å². The Bertz CT molecular complexity index is 647. The van der Waals surface area contributed by atoms with E-state index in [4.69, 9.17) is 16.3 Å². The number of carbonyl (C=O) groups is 1. The normalized spacial score (nSPS) is 11.8. The number of nitrogens with zero attached hydrogens (tertiary/aromatic N) is 2. The predicted molar refractivity (Wildman–Crippen MR) is 91.1 cm³/mol. The fourth-order valence-corrected chi connectivity index (χ4v) is 3.50. The number of likely N-dealkylation sites (N-methyl/N-ethyl adjacent to an activating group) is 1. The Balaban J connectivity index is 2.83. The summed E-state index contributed by atoms with van der Waals surface area (Å²) >= 11 is 5.89. The summed E-state index contributed by atoms with van der Waals surface area (Å²) in [5.41, 5.74) is 0.388. The largest absolute Gasteiger partial charge is 0.495 e. The van der Waals surface area contributed by atoms with Crippen molar-refractivity contribution in [1.82, 2.24) is 8.61 Å². The van der Waals surface area contributed by atoms with Crippen LogP contribution in [0.1, 0.15) is 13.8 Å². The molecule has 0 aromatic heterocycles. The maximum Gasteiger partial charge on any atom is 0.282 e. The van der Waals surface area contributed by atoms with Gasteiger partial charge in [0.25, 0.3) is 10.2 Å². The molecule has 1 N–H and O–H groups in total. The summed E-state index contributed by atoms with van der Waals surface area (Å²) in [6, 6.07) is 4.79. The van der Waals surface area contributed by atoms with Crippen molar-refractivity contribution in [3.05, 3.63) is 23.2 Å². The molecule has 0 aliphatic rings. The van der Waals surface area contributed by atoms with Gasteiger partial charge in [0.1, 0.15) is 5.75 Å². The molecule has 0 atom stereocenters. The molecule has 9 heteroatoms. The second-order valence-corrected chi connectivity index (χ2v) is 7.21. The molecule has 1 rings (SSSR count). The van der Waals surface area contributed by atoms with Gasteiger partial charge in [0.2, 0.25) is 5.91 Å². The van der Waals surface area contributed by atoms with Gasteiger partial charge in [-0.05, 0) is 18.2 Å². The molecule has 0 heterocycles. The zero-order valence-corrected chi connectivity index (χ0v) is 15.2. The minimum atomic E-state index is -3.66. The van der Waals surface area contributed by atoms with Crippen LogP contribution in [0.2, 0.25) is 5.02 Å². The van der Waals surface area contributed by atoms with Gasteiger partial charge in [0, 0.05) is 25.2 Å². The Hall–Kier alpha value is -1.35. The second-order valence-electron chi connectivity index (χ2n) is 4.74. The molecule has 1 amide bonds. The van der Waals surface area contributed by atoms with Crippen LogP contribution in [-0.4, -0.2) is 56.7 Å². The Morgan fingerprint density at radius 3 is 2.43 bits per heavy atom. The van der Waals surface area contributed by atoms with Crippen LogP contribution >= 0.6 is 11.6 Å². The van der Waals surface area contributed by atoms with Gasteiger partial charge >= 0.3 is 0 Å². The molecule has 0 aliphatic carbocycles. The number of nitrogens with one attached hydrogen (secondary N) is 1. The molecule has 0 unspecified atom stereocenters. The highest BCUT2D eigenvalue weighted by atomic mass is 35.5. The maximum atomic E-state index is 12.3. The van der Waals surface area contributed by atoms with Crippen LogP contribution < -0.4 is 10.1 Å². The highest BCUT2D eigenvalue weighted by molar-refractivity contribution is 7.86. The summed E-state index contributed by atoms with van der Waals surface area (Å²) in [5.74, 6) is -0.0409. The number of hydrogen-bond donors (Lipinski definition) is 1. The highest BCUT2D eigenvalue weighted by Gasteiger charge is 2.26. The lowest BCUT2D eigenvalue weighted by molar-refractivity contribution is -0.116. The van der Waals surface area contributed by atoms with E-state index in [1.165, 1.54) is 24.5 Å². The van der Waals surface area contributed by atoms with E-state index < -0.39 is 16.1 Å². The first-order chi connectivity index (χ1) is 10.8. The number of hydrogen-bond acceptors (Lipinski definition) is 4. The smallest absolute Gasteiger partial charge is 0.282 e. The molecule has 0 saturated carbocycles. The molecule has 0 radical (unpaired) electrons. The van der Waals surface area contributed by atoms with Crippen LogP contribution in [0.5, 0.6) is 5.75 Å². The Labute approximate surface area is 142 Å². The fraction of sp³-hybridized carbons (Fsp3) is 0.500. The third-order valence-corrected chi connectivity index (χ3v) is 5.55. The van der Waals surface area contributed by atoms with Crippen molar-refractivity contribution >= 4 is 33.4 Å². The van der Waals surface area contributed by atoms with Crippen molar-refractivity contribution in [2.24, 2.45) is 0 Å². The topological polar surface area (TPSA) is 79.0 Å². The number of halogens is 1. The lowest BCUT2D eigenvalue weighted by Gasteiger charge is -2.25. The lowest BCUT2D eigenvalue weighted by atomic mass is 10.3. The Kier molecular flexibility index (Phi) is 7.27. The van der Waals surface area contributed by atoms with Crippen molar-refractivity contribution in [1.29, 1.82) is 0 Å². The summed E-state index contributed by atoms with van der Waals surface area (Å²) in [5, 5.41) is 3.04. The molecule has 130 valence electrons. The van der Waals surface area contributed by atoms with Crippen LogP contribution in [0, 0.1) is 0 Å². The molecular formula is C14H22ClN3O4S. The molecule has 0 aliphatic heterocycles. The van der Waals surface area contributed by atoms with Crippen molar-refractivity contribution < 1.29 is 17.9 Å². The van der Waals surface area contributed by atoms with Crippen LogP contribution in [0.4, 0.5) is 5.69 Å². The molecule has 0 bridgehead atoms. The number of methoxy groups -OCH3 is 1. The molecule has 7 nitrogen and oxygen atoms in total.